The number of aromatic nitrogens is 2. The molecule has 6 heteroatoms. The molecule has 0 aliphatic heterocycles. The van der Waals surface area contributed by atoms with E-state index < -0.39 is 0 Å². The maximum Gasteiger partial charge on any atom is 0.263 e. The van der Waals surface area contributed by atoms with Crippen LogP contribution >= 0.6 is 11.6 Å². The molecule has 0 atom stereocenters. The van der Waals surface area contributed by atoms with E-state index in [0.717, 1.165) is 11.4 Å². The summed E-state index contributed by atoms with van der Waals surface area (Å²) in [6.45, 7) is 1.76. The van der Waals surface area contributed by atoms with E-state index >= 15 is 0 Å². The van der Waals surface area contributed by atoms with Gasteiger partial charge in [0, 0.05) is 11.1 Å². The Hall–Kier alpha value is -2.79. The van der Waals surface area contributed by atoms with Crippen LogP contribution in [0.25, 0.3) is 5.69 Å². The SMILES string of the molecule is Cc1cc(NC(=O)COc2cccc(Cl)c2)n(-c2ccccc2)n1. The molecule has 1 heterocycles. The van der Waals surface area contributed by atoms with Gasteiger partial charge in [0.1, 0.15) is 11.6 Å². The van der Waals surface area contributed by atoms with Crippen LogP contribution < -0.4 is 10.1 Å². The van der Waals surface area contributed by atoms with Gasteiger partial charge in [-0.3, -0.25) is 4.79 Å². The number of anilines is 1. The Morgan fingerprint density at radius 3 is 2.71 bits per heavy atom. The van der Waals surface area contributed by atoms with E-state index in [2.05, 4.69) is 10.4 Å². The van der Waals surface area contributed by atoms with E-state index in [-0.39, 0.29) is 12.5 Å². The number of rotatable bonds is 5. The first kappa shape index (κ1) is 16.1. The molecule has 2 aromatic carbocycles. The lowest BCUT2D eigenvalue weighted by Crippen LogP contribution is -2.21. The minimum Gasteiger partial charge on any atom is -0.484 e. The second-order valence-electron chi connectivity index (χ2n) is 5.21. The first-order valence-corrected chi connectivity index (χ1v) is 7.80. The van der Waals surface area contributed by atoms with Crippen molar-refractivity contribution in [1.29, 1.82) is 0 Å². The minimum atomic E-state index is -0.271. The molecule has 1 aromatic heterocycles. The molecule has 0 radical (unpaired) electrons. The fourth-order valence-corrected chi connectivity index (χ4v) is 2.42. The monoisotopic (exact) mass is 341 g/mol. The van der Waals surface area contributed by atoms with E-state index in [1.54, 1.807) is 28.9 Å². The third-order valence-electron chi connectivity index (χ3n) is 3.27. The molecule has 0 saturated heterocycles. The molecule has 5 nitrogen and oxygen atoms in total. The Morgan fingerprint density at radius 1 is 1.17 bits per heavy atom. The number of hydrogen-bond donors (Lipinski definition) is 1. The predicted molar refractivity (Wildman–Crippen MR) is 93.9 cm³/mol. The maximum atomic E-state index is 12.2. The van der Waals surface area contributed by atoms with Crippen molar-refractivity contribution in [2.24, 2.45) is 0 Å². The highest BCUT2D eigenvalue weighted by atomic mass is 35.5. The van der Waals surface area contributed by atoms with Crippen LogP contribution in [0.15, 0.2) is 60.7 Å². The molecule has 0 fully saturated rings. The van der Waals surface area contributed by atoms with Crippen molar-refractivity contribution in [3.05, 3.63) is 71.4 Å². The van der Waals surface area contributed by atoms with E-state index in [1.165, 1.54) is 0 Å². The zero-order valence-electron chi connectivity index (χ0n) is 13.1. The number of carbonyl (C=O) groups excluding carboxylic acids is 1. The summed E-state index contributed by atoms with van der Waals surface area (Å²) in [5.74, 6) is 0.871. The number of para-hydroxylation sites is 1. The molecule has 1 N–H and O–H groups in total. The van der Waals surface area contributed by atoms with Gasteiger partial charge in [-0.1, -0.05) is 35.9 Å². The molecular formula is C18H16ClN3O2. The van der Waals surface area contributed by atoms with Crippen LogP contribution in [-0.4, -0.2) is 22.3 Å². The van der Waals surface area contributed by atoms with Crippen molar-refractivity contribution in [3.63, 3.8) is 0 Å². The second-order valence-corrected chi connectivity index (χ2v) is 5.65. The summed E-state index contributed by atoms with van der Waals surface area (Å²) in [5.41, 5.74) is 1.68. The quantitative estimate of drug-likeness (QED) is 0.766. The normalized spacial score (nSPS) is 10.4. The lowest BCUT2D eigenvalue weighted by Gasteiger charge is -2.10. The Labute approximate surface area is 144 Å². The fourth-order valence-electron chi connectivity index (χ4n) is 2.24. The van der Waals surface area contributed by atoms with Gasteiger partial charge in [-0.05, 0) is 37.3 Å². The number of nitrogens with one attached hydrogen (secondary N) is 1. The molecule has 0 spiro atoms. The average Bonchev–Trinajstić information content (AvgIpc) is 2.94. The first-order chi connectivity index (χ1) is 11.6. The van der Waals surface area contributed by atoms with Gasteiger partial charge in [0.2, 0.25) is 0 Å². The van der Waals surface area contributed by atoms with Gasteiger partial charge < -0.3 is 10.1 Å². The number of carbonyl (C=O) groups is 1. The summed E-state index contributed by atoms with van der Waals surface area (Å²) >= 11 is 5.89. The number of ether oxygens (including phenoxy) is 1. The first-order valence-electron chi connectivity index (χ1n) is 7.42. The van der Waals surface area contributed by atoms with E-state index in [4.69, 9.17) is 16.3 Å². The fraction of sp³-hybridized carbons (Fsp3) is 0.111. The van der Waals surface area contributed by atoms with Crippen molar-refractivity contribution in [3.8, 4) is 11.4 Å². The largest absolute Gasteiger partial charge is 0.484 e. The Bertz CT molecular complexity index is 846. The number of aryl methyl sites for hydroxylation is 1. The number of halogens is 1. The van der Waals surface area contributed by atoms with Gasteiger partial charge in [0.05, 0.1) is 11.4 Å². The maximum absolute atomic E-state index is 12.2. The van der Waals surface area contributed by atoms with Crippen molar-refractivity contribution in [2.75, 3.05) is 11.9 Å². The minimum absolute atomic E-state index is 0.112. The molecule has 3 rings (SSSR count). The Kier molecular flexibility index (Phi) is 4.82. The lowest BCUT2D eigenvalue weighted by atomic mass is 10.3. The van der Waals surface area contributed by atoms with Crippen LogP contribution in [-0.2, 0) is 4.79 Å². The van der Waals surface area contributed by atoms with Crippen LogP contribution in [0, 0.1) is 6.92 Å². The molecule has 1 amide bonds. The summed E-state index contributed by atoms with van der Waals surface area (Å²) in [6.07, 6.45) is 0. The standard InChI is InChI=1S/C18H16ClN3O2/c1-13-10-17(22(21-13)15-7-3-2-4-8-15)20-18(23)12-24-16-9-5-6-14(19)11-16/h2-11H,12H2,1H3,(H,20,23). The second kappa shape index (κ2) is 7.19. The van der Waals surface area contributed by atoms with Gasteiger partial charge in [0.15, 0.2) is 6.61 Å². The predicted octanol–water partition coefficient (Wildman–Crippen LogP) is 3.85. The highest BCUT2D eigenvalue weighted by Gasteiger charge is 2.11. The molecule has 0 aliphatic rings. The van der Waals surface area contributed by atoms with Crippen molar-refractivity contribution in [1.82, 2.24) is 9.78 Å². The topological polar surface area (TPSA) is 56.1 Å². The molecule has 24 heavy (non-hydrogen) atoms. The summed E-state index contributed by atoms with van der Waals surface area (Å²) in [5, 5.41) is 7.79. The molecular weight excluding hydrogens is 326 g/mol. The number of nitrogens with zero attached hydrogens (tertiary/aromatic N) is 2. The molecule has 0 unspecified atom stereocenters. The molecule has 0 aliphatic carbocycles. The third kappa shape index (κ3) is 3.94. The van der Waals surface area contributed by atoms with E-state index in [9.17, 15) is 4.79 Å². The average molecular weight is 342 g/mol. The summed E-state index contributed by atoms with van der Waals surface area (Å²) < 4.78 is 7.13. The zero-order chi connectivity index (χ0) is 16.9. The van der Waals surface area contributed by atoms with Crippen LogP contribution in [0.3, 0.4) is 0 Å². The molecule has 3 aromatic rings. The van der Waals surface area contributed by atoms with Crippen LogP contribution in [0.4, 0.5) is 5.82 Å². The summed E-state index contributed by atoms with van der Waals surface area (Å²) in [4.78, 5) is 12.2. The number of benzene rings is 2. The zero-order valence-corrected chi connectivity index (χ0v) is 13.8. The van der Waals surface area contributed by atoms with E-state index in [1.807, 2.05) is 43.3 Å². The van der Waals surface area contributed by atoms with Crippen LogP contribution in [0.5, 0.6) is 5.75 Å². The van der Waals surface area contributed by atoms with Gasteiger partial charge in [-0.15, -0.1) is 0 Å². The third-order valence-corrected chi connectivity index (χ3v) is 3.50. The van der Waals surface area contributed by atoms with E-state index in [0.29, 0.717) is 16.6 Å². The van der Waals surface area contributed by atoms with Crippen LogP contribution in [0.2, 0.25) is 5.02 Å². The van der Waals surface area contributed by atoms with Gasteiger partial charge in [-0.25, -0.2) is 4.68 Å². The highest BCUT2D eigenvalue weighted by Crippen LogP contribution is 2.18. The van der Waals surface area contributed by atoms with Gasteiger partial charge in [-0.2, -0.15) is 5.10 Å². The van der Waals surface area contributed by atoms with Gasteiger partial charge in [0.25, 0.3) is 5.91 Å². The highest BCUT2D eigenvalue weighted by molar-refractivity contribution is 6.30. The van der Waals surface area contributed by atoms with Crippen molar-refractivity contribution < 1.29 is 9.53 Å². The summed E-state index contributed by atoms with van der Waals surface area (Å²) in [6, 6.07) is 18.3. The number of amides is 1. The Morgan fingerprint density at radius 2 is 1.96 bits per heavy atom. The van der Waals surface area contributed by atoms with Crippen molar-refractivity contribution >= 4 is 23.3 Å². The van der Waals surface area contributed by atoms with Gasteiger partial charge >= 0.3 is 0 Å². The lowest BCUT2D eigenvalue weighted by molar-refractivity contribution is -0.118. The number of hydrogen-bond acceptors (Lipinski definition) is 3. The molecule has 0 bridgehead atoms. The molecule has 122 valence electrons. The van der Waals surface area contributed by atoms with Crippen molar-refractivity contribution in [2.45, 2.75) is 6.92 Å². The van der Waals surface area contributed by atoms with Crippen LogP contribution in [0.1, 0.15) is 5.69 Å². The molecule has 0 saturated carbocycles. The Balaban J connectivity index is 1.69. The smallest absolute Gasteiger partial charge is 0.263 e. The summed E-state index contributed by atoms with van der Waals surface area (Å²) in [7, 11) is 0.